The molecule has 2 heterocycles. The Labute approximate surface area is 134 Å². The Hall–Kier alpha value is -2.89. The van der Waals surface area contributed by atoms with Gasteiger partial charge in [-0.2, -0.15) is 4.98 Å². The van der Waals surface area contributed by atoms with Gasteiger partial charge < -0.3 is 10.8 Å². The minimum atomic E-state index is -0.0205. The maximum Gasteiger partial charge on any atom is 0.238 e. The molecule has 0 aliphatic rings. The van der Waals surface area contributed by atoms with Gasteiger partial charge in [0.25, 0.3) is 0 Å². The predicted octanol–water partition coefficient (Wildman–Crippen LogP) is 3.05. The topological polar surface area (TPSA) is 89.8 Å². The molecular formula is C17H19N5O. The van der Waals surface area contributed by atoms with Crippen molar-refractivity contribution in [2.24, 2.45) is 0 Å². The van der Waals surface area contributed by atoms with Gasteiger partial charge in [0.05, 0.1) is 5.69 Å². The highest BCUT2D eigenvalue weighted by Gasteiger charge is 2.19. The zero-order chi connectivity index (χ0) is 16.6. The van der Waals surface area contributed by atoms with Gasteiger partial charge in [-0.25, -0.2) is 9.97 Å². The van der Waals surface area contributed by atoms with E-state index >= 15 is 0 Å². The van der Waals surface area contributed by atoms with Crippen molar-refractivity contribution in [3.63, 3.8) is 0 Å². The van der Waals surface area contributed by atoms with Crippen molar-refractivity contribution < 1.29 is 5.11 Å². The summed E-state index contributed by atoms with van der Waals surface area (Å²) in [4.78, 5) is 12.8. The normalized spacial score (nSPS) is 11.1. The molecule has 2 aromatic heterocycles. The predicted molar refractivity (Wildman–Crippen MR) is 89.5 cm³/mol. The molecule has 0 aliphatic carbocycles. The van der Waals surface area contributed by atoms with E-state index < -0.39 is 0 Å². The first-order chi connectivity index (χ1) is 11.0. The highest BCUT2D eigenvalue weighted by molar-refractivity contribution is 5.70. The number of nitrogens with zero attached hydrogens (tertiary/aromatic N) is 4. The minimum absolute atomic E-state index is 0.0205. The van der Waals surface area contributed by atoms with Crippen LogP contribution < -0.4 is 5.73 Å². The second-order valence-electron chi connectivity index (χ2n) is 5.81. The number of anilines is 1. The number of aromatic hydroxyl groups is 1. The lowest BCUT2D eigenvalue weighted by Gasteiger charge is -2.15. The van der Waals surface area contributed by atoms with Crippen molar-refractivity contribution in [1.29, 1.82) is 0 Å². The number of aryl methyl sites for hydroxylation is 1. The maximum absolute atomic E-state index is 10.4. The molecule has 0 saturated heterocycles. The number of nitrogen functional groups attached to an aromatic ring is 1. The van der Waals surface area contributed by atoms with Crippen LogP contribution in [0.15, 0.2) is 36.9 Å². The molecule has 1 aromatic carbocycles. The van der Waals surface area contributed by atoms with E-state index in [0.29, 0.717) is 22.9 Å². The minimum Gasteiger partial charge on any atom is -0.493 e. The average Bonchev–Trinajstić information content (AvgIpc) is 3.03. The van der Waals surface area contributed by atoms with Crippen LogP contribution in [-0.2, 0) is 0 Å². The van der Waals surface area contributed by atoms with Gasteiger partial charge in [-0.15, -0.1) is 0 Å². The summed E-state index contributed by atoms with van der Waals surface area (Å²) >= 11 is 0. The van der Waals surface area contributed by atoms with Crippen LogP contribution in [0.3, 0.4) is 0 Å². The molecule has 0 saturated carbocycles. The first-order valence-corrected chi connectivity index (χ1v) is 7.43. The van der Waals surface area contributed by atoms with Gasteiger partial charge in [0.15, 0.2) is 0 Å². The summed E-state index contributed by atoms with van der Waals surface area (Å²) in [7, 11) is 0. The SMILES string of the molecule is Cc1ccc(-c2nc(-n3ccnc3)nc(O)c2C(C)C)cc1N. The third-order valence-corrected chi connectivity index (χ3v) is 3.78. The highest BCUT2D eigenvalue weighted by Crippen LogP contribution is 2.34. The van der Waals surface area contributed by atoms with E-state index in [1.165, 1.54) is 0 Å². The fourth-order valence-corrected chi connectivity index (χ4v) is 2.48. The van der Waals surface area contributed by atoms with Gasteiger partial charge in [-0.1, -0.05) is 26.0 Å². The molecular weight excluding hydrogens is 290 g/mol. The summed E-state index contributed by atoms with van der Waals surface area (Å²) in [5.41, 5.74) is 9.98. The van der Waals surface area contributed by atoms with E-state index in [-0.39, 0.29) is 11.8 Å². The van der Waals surface area contributed by atoms with Gasteiger partial charge >= 0.3 is 0 Å². The molecule has 0 unspecified atom stereocenters. The molecule has 0 aliphatic heterocycles. The van der Waals surface area contributed by atoms with Crippen LogP contribution in [0.4, 0.5) is 5.69 Å². The van der Waals surface area contributed by atoms with Crippen molar-refractivity contribution >= 4 is 5.69 Å². The van der Waals surface area contributed by atoms with Gasteiger partial charge in [0, 0.05) is 29.2 Å². The van der Waals surface area contributed by atoms with E-state index in [1.807, 2.05) is 39.0 Å². The first kappa shape index (κ1) is 15.0. The summed E-state index contributed by atoms with van der Waals surface area (Å²) < 4.78 is 1.66. The van der Waals surface area contributed by atoms with E-state index in [4.69, 9.17) is 5.73 Å². The molecule has 6 nitrogen and oxygen atoms in total. The molecule has 118 valence electrons. The van der Waals surface area contributed by atoms with Crippen LogP contribution in [0.2, 0.25) is 0 Å². The second-order valence-corrected chi connectivity index (χ2v) is 5.81. The smallest absolute Gasteiger partial charge is 0.238 e. The molecule has 3 rings (SSSR count). The lowest BCUT2D eigenvalue weighted by molar-refractivity contribution is 0.440. The van der Waals surface area contributed by atoms with E-state index in [0.717, 1.165) is 11.1 Å². The zero-order valence-corrected chi connectivity index (χ0v) is 13.4. The molecule has 0 amide bonds. The summed E-state index contributed by atoms with van der Waals surface area (Å²) in [6.45, 7) is 5.95. The Morgan fingerprint density at radius 2 is 2.00 bits per heavy atom. The summed E-state index contributed by atoms with van der Waals surface area (Å²) in [6, 6.07) is 5.78. The van der Waals surface area contributed by atoms with Crippen LogP contribution >= 0.6 is 0 Å². The number of nitrogens with two attached hydrogens (primary N) is 1. The Balaban J connectivity index is 2.25. The van der Waals surface area contributed by atoms with Crippen molar-refractivity contribution in [2.75, 3.05) is 5.73 Å². The molecule has 0 spiro atoms. The molecule has 3 N–H and O–H groups in total. The monoisotopic (exact) mass is 309 g/mol. The maximum atomic E-state index is 10.4. The fraction of sp³-hybridized carbons (Fsp3) is 0.235. The Morgan fingerprint density at radius 3 is 2.61 bits per heavy atom. The second kappa shape index (κ2) is 5.72. The van der Waals surface area contributed by atoms with E-state index in [1.54, 1.807) is 23.3 Å². The standard InChI is InChI=1S/C17H19N5O/c1-10(2)14-15(12-5-4-11(3)13(18)8-12)20-17(21-16(14)23)22-7-6-19-9-22/h4-10H,18H2,1-3H3,(H,20,21,23). The largest absolute Gasteiger partial charge is 0.493 e. The Morgan fingerprint density at radius 1 is 1.22 bits per heavy atom. The van der Waals surface area contributed by atoms with Crippen LogP contribution in [0, 0.1) is 6.92 Å². The molecule has 6 heteroatoms. The summed E-state index contributed by atoms with van der Waals surface area (Å²) in [6.07, 6.45) is 4.97. The number of rotatable bonds is 3. The Bertz CT molecular complexity index is 840. The van der Waals surface area contributed by atoms with E-state index in [2.05, 4.69) is 15.0 Å². The van der Waals surface area contributed by atoms with E-state index in [9.17, 15) is 5.11 Å². The van der Waals surface area contributed by atoms with Gasteiger partial charge in [-0.05, 0) is 24.5 Å². The summed E-state index contributed by atoms with van der Waals surface area (Å²) in [5, 5.41) is 10.4. The fourth-order valence-electron chi connectivity index (χ4n) is 2.48. The van der Waals surface area contributed by atoms with Gasteiger partial charge in [0.1, 0.15) is 6.33 Å². The van der Waals surface area contributed by atoms with Gasteiger partial charge in [0.2, 0.25) is 11.8 Å². The number of aromatic nitrogens is 4. The molecule has 0 radical (unpaired) electrons. The van der Waals surface area contributed by atoms with Crippen LogP contribution in [-0.4, -0.2) is 24.6 Å². The lowest BCUT2D eigenvalue weighted by atomic mass is 9.97. The molecule has 3 aromatic rings. The van der Waals surface area contributed by atoms with Crippen LogP contribution in [0.25, 0.3) is 17.2 Å². The summed E-state index contributed by atoms with van der Waals surface area (Å²) in [5.74, 6) is 0.427. The lowest BCUT2D eigenvalue weighted by Crippen LogP contribution is -2.06. The molecule has 0 atom stereocenters. The molecule has 23 heavy (non-hydrogen) atoms. The highest BCUT2D eigenvalue weighted by atomic mass is 16.3. The average molecular weight is 309 g/mol. The van der Waals surface area contributed by atoms with Crippen LogP contribution in [0.1, 0.15) is 30.9 Å². The third kappa shape index (κ3) is 2.75. The number of hydrogen-bond acceptors (Lipinski definition) is 5. The quantitative estimate of drug-likeness (QED) is 0.726. The first-order valence-electron chi connectivity index (χ1n) is 7.43. The van der Waals surface area contributed by atoms with Gasteiger partial charge in [-0.3, -0.25) is 4.57 Å². The van der Waals surface area contributed by atoms with Crippen molar-refractivity contribution in [1.82, 2.24) is 19.5 Å². The van der Waals surface area contributed by atoms with Crippen molar-refractivity contribution in [2.45, 2.75) is 26.7 Å². The molecule has 0 fully saturated rings. The van der Waals surface area contributed by atoms with Crippen molar-refractivity contribution in [3.05, 3.63) is 48.0 Å². The number of benzene rings is 1. The number of imidazole rings is 1. The Kier molecular flexibility index (Phi) is 3.73. The van der Waals surface area contributed by atoms with Crippen LogP contribution in [0.5, 0.6) is 5.88 Å². The number of hydrogen-bond donors (Lipinski definition) is 2. The molecule has 0 bridgehead atoms. The van der Waals surface area contributed by atoms with Crippen molar-refractivity contribution in [3.8, 4) is 23.1 Å². The third-order valence-electron chi connectivity index (χ3n) is 3.78. The zero-order valence-electron chi connectivity index (χ0n) is 13.4.